The molecule has 100 valence electrons. The van der Waals surface area contributed by atoms with E-state index in [1.165, 1.54) is 0 Å². The topological polar surface area (TPSA) is 78.8 Å². The maximum Gasteiger partial charge on any atom is 0.306 e. The van der Waals surface area contributed by atoms with E-state index >= 15 is 0 Å². The number of benzene rings is 1. The largest absolute Gasteiger partial charge is 0.496 e. The van der Waals surface area contributed by atoms with Crippen molar-refractivity contribution in [3.8, 4) is 5.75 Å². The second-order valence-electron chi connectivity index (χ2n) is 4.02. The van der Waals surface area contributed by atoms with Gasteiger partial charge in [-0.25, -0.2) is 0 Å². The fraction of sp³-hybridized carbons (Fsp3) is 0.462. The van der Waals surface area contributed by atoms with Crippen LogP contribution in [0.5, 0.6) is 5.75 Å². The average molecular weight is 253 g/mol. The number of rotatable bonds is 8. The quantitative estimate of drug-likeness (QED) is 0.593. The van der Waals surface area contributed by atoms with E-state index in [-0.39, 0.29) is 13.0 Å². The first-order valence-corrected chi connectivity index (χ1v) is 5.86. The molecule has 18 heavy (non-hydrogen) atoms. The van der Waals surface area contributed by atoms with Crippen molar-refractivity contribution in [3.63, 3.8) is 0 Å². The standard InChI is InChI=1S/C13H19NO4/c1-18-12-5-3-2-4-10(12)6-7-14-9-11(15)8-13(16)17/h2-5,11,14-15H,6-9H2,1H3,(H,16,17). The van der Waals surface area contributed by atoms with Crippen LogP contribution in [0.25, 0.3) is 0 Å². The van der Waals surface area contributed by atoms with Crippen LogP contribution in [-0.4, -0.2) is 42.5 Å². The Labute approximate surface area is 106 Å². The molecule has 0 aliphatic carbocycles. The van der Waals surface area contributed by atoms with Gasteiger partial charge in [-0.05, 0) is 24.6 Å². The van der Waals surface area contributed by atoms with Crippen LogP contribution in [0.4, 0.5) is 0 Å². The molecule has 0 amide bonds. The summed E-state index contributed by atoms with van der Waals surface area (Å²) < 4.78 is 5.22. The van der Waals surface area contributed by atoms with Crippen LogP contribution in [-0.2, 0) is 11.2 Å². The van der Waals surface area contributed by atoms with E-state index < -0.39 is 12.1 Å². The van der Waals surface area contributed by atoms with Gasteiger partial charge in [0, 0.05) is 6.54 Å². The third kappa shape index (κ3) is 5.16. The number of methoxy groups -OCH3 is 1. The van der Waals surface area contributed by atoms with E-state index in [2.05, 4.69) is 5.32 Å². The van der Waals surface area contributed by atoms with Crippen LogP contribution in [0.3, 0.4) is 0 Å². The first-order valence-electron chi connectivity index (χ1n) is 5.86. The lowest BCUT2D eigenvalue weighted by atomic mass is 10.1. The highest BCUT2D eigenvalue weighted by molar-refractivity contribution is 5.67. The molecule has 0 radical (unpaired) electrons. The smallest absolute Gasteiger partial charge is 0.306 e. The molecule has 3 N–H and O–H groups in total. The highest BCUT2D eigenvalue weighted by atomic mass is 16.5. The molecule has 1 aromatic carbocycles. The predicted molar refractivity (Wildman–Crippen MR) is 67.8 cm³/mol. The molecular formula is C13H19NO4. The molecule has 5 heteroatoms. The first kappa shape index (κ1) is 14.5. The Morgan fingerprint density at radius 3 is 2.83 bits per heavy atom. The van der Waals surface area contributed by atoms with Crippen molar-refractivity contribution >= 4 is 5.97 Å². The lowest BCUT2D eigenvalue weighted by Gasteiger charge is -2.11. The van der Waals surface area contributed by atoms with E-state index in [0.717, 1.165) is 17.7 Å². The summed E-state index contributed by atoms with van der Waals surface area (Å²) in [6.07, 6.45) is -0.314. The molecule has 0 saturated carbocycles. The zero-order chi connectivity index (χ0) is 13.4. The molecule has 0 aliphatic heterocycles. The summed E-state index contributed by atoms with van der Waals surface area (Å²) in [6, 6.07) is 7.73. The second kappa shape index (κ2) is 7.68. The third-order valence-corrected chi connectivity index (χ3v) is 2.55. The summed E-state index contributed by atoms with van der Waals surface area (Å²) >= 11 is 0. The molecule has 0 bridgehead atoms. The number of nitrogens with one attached hydrogen (secondary N) is 1. The van der Waals surface area contributed by atoms with Gasteiger partial charge in [0.1, 0.15) is 5.75 Å². The molecule has 0 saturated heterocycles. The van der Waals surface area contributed by atoms with Gasteiger partial charge in [0.25, 0.3) is 0 Å². The van der Waals surface area contributed by atoms with Gasteiger partial charge in [-0.1, -0.05) is 18.2 Å². The Morgan fingerprint density at radius 2 is 2.17 bits per heavy atom. The summed E-state index contributed by atoms with van der Waals surface area (Å²) in [5, 5.41) is 20.9. The number of hydrogen-bond donors (Lipinski definition) is 3. The van der Waals surface area contributed by atoms with Gasteiger partial charge < -0.3 is 20.3 Å². The van der Waals surface area contributed by atoms with Gasteiger partial charge in [0.2, 0.25) is 0 Å². The molecule has 5 nitrogen and oxygen atoms in total. The molecule has 1 rings (SSSR count). The van der Waals surface area contributed by atoms with Gasteiger partial charge >= 0.3 is 5.97 Å². The van der Waals surface area contributed by atoms with Crippen molar-refractivity contribution < 1.29 is 19.7 Å². The molecule has 0 aliphatic rings. The van der Waals surface area contributed by atoms with Crippen molar-refractivity contribution in [1.82, 2.24) is 5.32 Å². The van der Waals surface area contributed by atoms with E-state index in [0.29, 0.717) is 6.54 Å². The molecule has 0 heterocycles. The highest BCUT2D eigenvalue weighted by Gasteiger charge is 2.08. The van der Waals surface area contributed by atoms with E-state index in [9.17, 15) is 9.90 Å². The van der Waals surface area contributed by atoms with Crippen LogP contribution in [0.1, 0.15) is 12.0 Å². The van der Waals surface area contributed by atoms with Gasteiger partial charge in [0.05, 0.1) is 19.6 Å². The number of carboxylic acids is 1. The van der Waals surface area contributed by atoms with E-state index in [4.69, 9.17) is 9.84 Å². The van der Waals surface area contributed by atoms with Crippen LogP contribution in [0, 0.1) is 0 Å². The molecule has 1 atom stereocenters. The molecule has 0 spiro atoms. The zero-order valence-corrected chi connectivity index (χ0v) is 10.4. The lowest BCUT2D eigenvalue weighted by molar-refractivity contribution is -0.139. The third-order valence-electron chi connectivity index (χ3n) is 2.55. The Bertz CT molecular complexity index is 381. The summed E-state index contributed by atoms with van der Waals surface area (Å²) in [4.78, 5) is 10.3. The summed E-state index contributed by atoms with van der Waals surface area (Å²) in [6.45, 7) is 0.943. The van der Waals surface area contributed by atoms with Crippen LogP contribution >= 0.6 is 0 Å². The van der Waals surface area contributed by atoms with E-state index in [1.54, 1.807) is 7.11 Å². The predicted octanol–water partition coefficient (Wildman–Crippen LogP) is 0.663. The fourth-order valence-electron chi connectivity index (χ4n) is 1.67. The van der Waals surface area contributed by atoms with Gasteiger partial charge in [-0.15, -0.1) is 0 Å². The minimum absolute atomic E-state index is 0.234. The number of carbonyl (C=O) groups is 1. The molecule has 1 unspecified atom stereocenters. The van der Waals surface area contributed by atoms with Crippen molar-refractivity contribution in [2.45, 2.75) is 18.9 Å². The maximum absolute atomic E-state index is 10.3. The van der Waals surface area contributed by atoms with Crippen LogP contribution in [0.15, 0.2) is 24.3 Å². The number of hydrogen-bond acceptors (Lipinski definition) is 4. The van der Waals surface area contributed by atoms with Crippen molar-refractivity contribution in [2.75, 3.05) is 20.2 Å². The molecule has 0 aromatic heterocycles. The number of para-hydroxylation sites is 1. The van der Waals surface area contributed by atoms with Crippen molar-refractivity contribution in [1.29, 1.82) is 0 Å². The van der Waals surface area contributed by atoms with Crippen molar-refractivity contribution in [2.24, 2.45) is 0 Å². The first-order chi connectivity index (χ1) is 8.63. The summed E-state index contributed by atoms with van der Waals surface area (Å²) in [5.41, 5.74) is 1.08. The SMILES string of the molecule is COc1ccccc1CCNCC(O)CC(=O)O. The zero-order valence-electron chi connectivity index (χ0n) is 10.4. The second-order valence-corrected chi connectivity index (χ2v) is 4.02. The minimum Gasteiger partial charge on any atom is -0.496 e. The molecular weight excluding hydrogens is 234 g/mol. The van der Waals surface area contributed by atoms with Gasteiger partial charge in [0.15, 0.2) is 0 Å². The van der Waals surface area contributed by atoms with Crippen LogP contribution in [0.2, 0.25) is 0 Å². The molecule has 1 aromatic rings. The minimum atomic E-state index is -0.992. The molecule has 0 fully saturated rings. The van der Waals surface area contributed by atoms with Crippen LogP contribution < -0.4 is 10.1 Å². The normalized spacial score (nSPS) is 12.1. The maximum atomic E-state index is 10.3. The summed E-state index contributed by atoms with van der Waals surface area (Å²) in [5.74, 6) is -0.153. The highest BCUT2D eigenvalue weighted by Crippen LogP contribution is 2.17. The fourth-order valence-corrected chi connectivity index (χ4v) is 1.67. The summed E-state index contributed by atoms with van der Waals surface area (Å²) in [7, 11) is 1.63. The number of carboxylic acid groups (broad SMARTS) is 1. The Morgan fingerprint density at radius 1 is 1.44 bits per heavy atom. The van der Waals surface area contributed by atoms with Gasteiger partial charge in [-0.3, -0.25) is 4.79 Å². The lowest BCUT2D eigenvalue weighted by Crippen LogP contribution is -2.30. The van der Waals surface area contributed by atoms with E-state index in [1.807, 2.05) is 24.3 Å². The number of aliphatic carboxylic acids is 1. The van der Waals surface area contributed by atoms with Gasteiger partial charge in [-0.2, -0.15) is 0 Å². The Kier molecular flexibility index (Phi) is 6.18. The average Bonchev–Trinajstić information content (AvgIpc) is 2.34. The Balaban J connectivity index is 2.27. The monoisotopic (exact) mass is 253 g/mol. The number of ether oxygens (including phenoxy) is 1. The number of aliphatic hydroxyl groups is 1. The van der Waals surface area contributed by atoms with Crippen molar-refractivity contribution in [3.05, 3.63) is 29.8 Å². The number of aliphatic hydroxyl groups excluding tert-OH is 1. The Hall–Kier alpha value is -1.59.